The van der Waals surface area contributed by atoms with Gasteiger partial charge in [0.1, 0.15) is 43.1 Å². The van der Waals surface area contributed by atoms with Crippen LogP contribution in [-0.4, -0.2) is 89.6 Å². The van der Waals surface area contributed by atoms with Gasteiger partial charge in [-0.25, -0.2) is 24.3 Å². The Morgan fingerprint density at radius 3 is 2.70 bits per heavy atom. The van der Waals surface area contributed by atoms with Crippen molar-refractivity contribution in [3.8, 4) is 0 Å². The van der Waals surface area contributed by atoms with Gasteiger partial charge >= 0.3 is 18.6 Å². The third-order valence-electron chi connectivity index (χ3n) is 6.79. The highest BCUT2D eigenvalue weighted by Crippen LogP contribution is 2.40. The number of aromatic nitrogens is 8. The van der Waals surface area contributed by atoms with Gasteiger partial charge in [-0.15, -0.1) is 9.05 Å². The first kappa shape index (κ1) is 29.3. The predicted octanol–water partition coefficient (Wildman–Crippen LogP) is -0.511. The first-order valence-electron chi connectivity index (χ1n) is 12.6. The Balaban J connectivity index is 1.10. The summed E-state index contributed by atoms with van der Waals surface area (Å²) in [5.41, 5.74) is 11.5. The summed E-state index contributed by atoms with van der Waals surface area (Å²) in [5.74, 6) is -0.0404. The number of nitrogens with one attached hydrogen (secondary N) is 2. The fraction of sp³-hybridized carbons (Fsp3) is 0.500. The molecule has 1 unspecified atom stereocenters. The number of ether oxygens (including phenoxy) is 2. The van der Waals surface area contributed by atoms with Crippen LogP contribution in [0.1, 0.15) is 25.3 Å². The number of alkyl halides is 1. The fourth-order valence-corrected chi connectivity index (χ4v) is 6.07. The molecule has 0 aromatic carbocycles. The summed E-state index contributed by atoms with van der Waals surface area (Å²) in [7, 11) is -7.42. The van der Waals surface area contributed by atoms with Crippen LogP contribution in [0.3, 0.4) is 0 Å². The summed E-state index contributed by atoms with van der Waals surface area (Å²) in [6, 6.07) is 0. The number of nitrogens with two attached hydrogens (primary N) is 2. The van der Waals surface area contributed by atoms with Crippen molar-refractivity contribution in [2.75, 3.05) is 24.6 Å². The summed E-state index contributed by atoms with van der Waals surface area (Å²) < 4.78 is 86.6. The quantitative estimate of drug-likeness (QED) is 0.107. The maximum atomic E-state index is 14.9. The van der Waals surface area contributed by atoms with Gasteiger partial charge in [-0.1, -0.05) is 0 Å². The van der Waals surface area contributed by atoms with E-state index in [4.69, 9.17) is 34.5 Å². The average molecular weight is 645 g/mol. The maximum Gasteiger partial charge on any atom is 0.697 e. The predicted molar refractivity (Wildman–Crippen MR) is 142 cm³/mol. The second-order valence-electron chi connectivity index (χ2n) is 9.61. The molecule has 2 fully saturated rings. The lowest BCUT2D eigenvalue weighted by atomic mass is 10.2. The summed E-state index contributed by atoms with van der Waals surface area (Å²) in [6.45, 7) is -0.758. The Kier molecular flexibility index (Phi) is 7.76. The van der Waals surface area contributed by atoms with Gasteiger partial charge in [0.05, 0.1) is 18.8 Å². The first-order chi connectivity index (χ1) is 20.5. The van der Waals surface area contributed by atoms with Crippen LogP contribution >= 0.6 is 8.25 Å². The van der Waals surface area contributed by atoms with Crippen LogP contribution in [0.4, 0.5) is 16.2 Å². The van der Waals surface area contributed by atoms with E-state index in [-0.39, 0.29) is 42.4 Å². The second kappa shape index (κ2) is 11.4. The van der Waals surface area contributed by atoms with Gasteiger partial charge in [0.2, 0.25) is 5.95 Å². The van der Waals surface area contributed by atoms with Crippen molar-refractivity contribution in [1.82, 2.24) is 43.8 Å². The lowest BCUT2D eigenvalue weighted by Gasteiger charge is -2.15. The number of rotatable bonds is 10. The molecular formula is C20H24FN11O9PS+. The summed E-state index contributed by atoms with van der Waals surface area (Å²) in [6.07, 6.45) is -2.66. The molecule has 6 rings (SSSR count). The zero-order chi connectivity index (χ0) is 30.5. The lowest BCUT2D eigenvalue weighted by molar-refractivity contribution is -0.0345. The Hall–Kier alpha value is -3.76. The normalized spacial score (nSPS) is 26.5. The smallest absolute Gasteiger partial charge is 0.382 e. The van der Waals surface area contributed by atoms with E-state index in [1.165, 1.54) is 28.1 Å². The molecule has 23 heteroatoms. The number of fused-ring (bicyclic) bond motifs is 2. The van der Waals surface area contributed by atoms with Crippen molar-refractivity contribution >= 4 is 52.7 Å². The van der Waals surface area contributed by atoms with Gasteiger partial charge in [-0.2, -0.15) is 18.1 Å². The van der Waals surface area contributed by atoms with Gasteiger partial charge in [-0.3, -0.25) is 23.5 Å². The van der Waals surface area contributed by atoms with Crippen molar-refractivity contribution in [1.29, 1.82) is 0 Å². The molecule has 0 amide bonds. The highest BCUT2D eigenvalue weighted by atomic mass is 32.2. The molecule has 7 atom stereocenters. The molecule has 0 radical (unpaired) electrons. The van der Waals surface area contributed by atoms with Crippen molar-refractivity contribution < 1.29 is 40.4 Å². The number of anilines is 2. The number of hydrogen-bond acceptors (Lipinski definition) is 15. The van der Waals surface area contributed by atoms with Crippen LogP contribution in [-0.2, 0) is 33.4 Å². The van der Waals surface area contributed by atoms with Crippen LogP contribution in [0.15, 0.2) is 23.8 Å². The molecule has 4 aromatic rings. The van der Waals surface area contributed by atoms with Crippen molar-refractivity contribution in [3.05, 3.63) is 29.3 Å². The van der Waals surface area contributed by atoms with Gasteiger partial charge in [-0.05, 0) is 0 Å². The third kappa shape index (κ3) is 6.03. The SMILES string of the molecule is Nc1nc2c(ncn2[C@H]2O[C@H](CO[P+](=O)O[C@H]3C[C@H](n4cnc5c(N)ncnc54)O[C@@H]3CNS(=O)(=O)O)C[C@@H]2F)c(=O)[nH]1. The minimum atomic E-state index is -4.58. The van der Waals surface area contributed by atoms with Crippen molar-refractivity contribution in [3.63, 3.8) is 0 Å². The molecule has 20 nitrogen and oxygen atoms in total. The van der Waals surface area contributed by atoms with Crippen LogP contribution in [0, 0.1) is 0 Å². The van der Waals surface area contributed by atoms with Crippen molar-refractivity contribution in [2.45, 2.75) is 49.8 Å². The van der Waals surface area contributed by atoms with E-state index in [1.54, 1.807) is 0 Å². The molecule has 230 valence electrons. The van der Waals surface area contributed by atoms with E-state index in [2.05, 4.69) is 29.9 Å². The van der Waals surface area contributed by atoms with Gasteiger partial charge in [0.25, 0.3) is 5.56 Å². The van der Waals surface area contributed by atoms with E-state index in [1.807, 2.05) is 4.72 Å². The molecule has 2 aliphatic rings. The number of halogens is 1. The lowest BCUT2D eigenvalue weighted by Crippen LogP contribution is -2.37. The van der Waals surface area contributed by atoms with Gasteiger partial charge in [0, 0.05) is 24.0 Å². The zero-order valence-corrected chi connectivity index (χ0v) is 23.5. The highest BCUT2D eigenvalue weighted by Gasteiger charge is 2.45. The van der Waals surface area contributed by atoms with E-state index in [0.717, 1.165) is 0 Å². The number of hydrogen-bond donors (Lipinski definition) is 5. The average Bonchev–Trinajstić information content (AvgIpc) is 3.71. The third-order valence-corrected chi connectivity index (χ3v) is 8.12. The minimum Gasteiger partial charge on any atom is -0.382 e. The Morgan fingerprint density at radius 1 is 1.14 bits per heavy atom. The first-order valence-corrected chi connectivity index (χ1v) is 15.1. The molecule has 0 aliphatic carbocycles. The highest BCUT2D eigenvalue weighted by molar-refractivity contribution is 7.83. The molecule has 7 N–H and O–H groups in total. The Labute approximate surface area is 240 Å². The fourth-order valence-electron chi connectivity index (χ4n) is 4.90. The molecule has 0 spiro atoms. The van der Waals surface area contributed by atoms with E-state index in [9.17, 15) is 22.2 Å². The number of nitrogens with zero attached hydrogens (tertiary/aromatic N) is 7. The summed E-state index contributed by atoms with van der Waals surface area (Å²) in [5, 5.41) is 0. The van der Waals surface area contributed by atoms with Crippen LogP contribution in [0.25, 0.3) is 22.3 Å². The minimum absolute atomic E-state index is 0.0324. The molecule has 2 saturated heterocycles. The van der Waals surface area contributed by atoms with E-state index in [0.29, 0.717) is 11.2 Å². The number of imidazole rings is 2. The molecule has 2 aliphatic heterocycles. The standard InChI is InChI=1S/C20H23FN11O9PS/c21-9-1-8(39-19(9)32-7-27-14-17(32)29-20(23)30-18(14)33)4-38-42(34)41-10-2-12(40-11(10)3-28-43(35,36)37)31-6-26-13-15(22)24-5-25-16(13)31/h5-12,19,28H,1-4H2,(H5-,22,23,24,25,29,30,33,35,36,37)/p+1/t8-,9-,10-,11+,12+,19-/m0/s1. The molecule has 6 heterocycles. The number of aromatic amines is 1. The van der Waals surface area contributed by atoms with Crippen molar-refractivity contribution in [2.24, 2.45) is 0 Å². The second-order valence-corrected chi connectivity index (χ2v) is 11.8. The van der Waals surface area contributed by atoms with E-state index >= 15 is 0 Å². The number of H-pyrrole nitrogens is 1. The van der Waals surface area contributed by atoms with E-state index < -0.39 is 67.6 Å². The zero-order valence-electron chi connectivity index (χ0n) is 21.8. The molecule has 0 bridgehead atoms. The molecule has 4 aromatic heterocycles. The van der Waals surface area contributed by atoms with Gasteiger partial charge < -0.3 is 20.9 Å². The molecule has 43 heavy (non-hydrogen) atoms. The van der Waals surface area contributed by atoms with Crippen LogP contribution < -0.4 is 21.7 Å². The Bertz CT molecular complexity index is 1850. The monoisotopic (exact) mass is 644 g/mol. The summed E-state index contributed by atoms with van der Waals surface area (Å²) in [4.78, 5) is 34.5. The molecule has 0 saturated carbocycles. The summed E-state index contributed by atoms with van der Waals surface area (Å²) >= 11 is 0. The molecular weight excluding hydrogens is 620 g/mol. The topological polar surface area (TPSA) is 280 Å². The Morgan fingerprint density at radius 2 is 1.91 bits per heavy atom. The van der Waals surface area contributed by atoms with Crippen LogP contribution in [0.2, 0.25) is 0 Å². The largest absolute Gasteiger partial charge is 0.697 e. The maximum absolute atomic E-state index is 14.9. The number of nitrogen functional groups attached to an aromatic ring is 2. The van der Waals surface area contributed by atoms with Gasteiger partial charge in [0.15, 0.2) is 28.9 Å². The van der Waals surface area contributed by atoms with Crippen LogP contribution in [0.5, 0.6) is 0 Å².